The van der Waals surface area contributed by atoms with Gasteiger partial charge in [0.15, 0.2) is 0 Å². The molecule has 1 heterocycles. The Morgan fingerprint density at radius 2 is 1.92 bits per heavy atom. The van der Waals surface area contributed by atoms with Crippen molar-refractivity contribution in [2.45, 2.75) is 6.92 Å². The normalized spacial score (nSPS) is 15.3. The number of anilines is 1. The second-order valence-corrected chi connectivity index (χ2v) is 5.72. The van der Waals surface area contributed by atoms with E-state index in [9.17, 15) is 14.9 Å². The Morgan fingerprint density at radius 1 is 1.23 bits per heavy atom. The number of hydrazone groups is 1. The monoisotopic (exact) mass is 371 g/mol. The molecule has 0 fully saturated rings. The van der Waals surface area contributed by atoms with Gasteiger partial charge in [0.05, 0.1) is 17.2 Å². The van der Waals surface area contributed by atoms with Gasteiger partial charge in [-0.05, 0) is 36.8 Å². The van der Waals surface area contributed by atoms with Crippen LogP contribution in [0.4, 0.5) is 11.4 Å². The predicted octanol–water partition coefficient (Wildman–Crippen LogP) is 4.03. The molecule has 0 bridgehead atoms. The summed E-state index contributed by atoms with van der Waals surface area (Å²) >= 11 is 6.16. The quantitative estimate of drug-likeness (QED) is 0.461. The van der Waals surface area contributed by atoms with Gasteiger partial charge in [-0.25, -0.2) is 0 Å². The first-order valence-corrected chi connectivity index (χ1v) is 8.16. The molecule has 0 unspecified atom stereocenters. The van der Waals surface area contributed by atoms with Crippen molar-refractivity contribution in [3.63, 3.8) is 0 Å². The molecule has 0 aliphatic carbocycles. The number of rotatable bonds is 4. The van der Waals surface area contributed by atoms with Crippen LogP contribution in [0.15, 0.2) is 59.2 Å². The molecule has 26 heavy (non-hydrogen) atoms. The van der Waals surface area contributed by atoms with E-state index in [1.54, 1.807) is 31.2 Å². The Bertz CT molecular complexity index is 922. The summed E-state index contributed by atoms with van der Waals surface area (Å²) in [6.07, 6.45) is 1.62. The maximum Gasteiger partial charge on any atom is 0.284 e. The zero-order chi connectivity index (χ0) is 18.7. The molecule has 2 aromatic carbocycles. The molecule has 0 aromatic heterocycles. The van der Waals surface area contributed by atoms with Gasteiger partial charge in [-0.15, -0.1) is 5.10 Å². The third-order valence-corrected chi connectivity index (χ3v) is 3.98. The van der Waals surface area contributed by atoms with E-state index in [-0.39, 0.29) is 17.2 Å². The summed E-state index contributed by atoms with van der Waals surface area (Å²) in [4.78, 5) is 23.1. The lowest BCUT2D eigenvalue weighted by Crippen LogP contribution is -2.21. The van der Waals surface area contributed by atoms with E-state index in [4.69, 9.17) is 16.3 Å². The first-order valence-electron chi connectivity index (χ1n) is 7.78. The Labute approximate surface area is 154 Å². The summed E-state index contributed by atoms with van der Waals surface area (Å²) in [7, 11) is 0. The number of nitro groups is 1. The largest absolute Gasteiger partial charge is 0.476 e. The van der Waals surface area contributed by atoms with Crippen molar-refractivity contribution in [3.8, 4) is 0 Å². The van der Waals surface area contributed by atoms with Crippen molar-refractivity contribution in [1.29, 1.82) is 0 Å². The van der Waals surface area contributed by atoms with Gasteiger partial charge in [-0.2, -0.15) is 5.01 Å². The summed E-state index contributed by atoms with van der Waals surface area (Å²) in [6, 6.07) is 12.6. The predicted molar refractivity (Wildman–Crippen MR) is 99.1 cm³/mol. The molecule has 1 aliphatic heterocycles. The van der Waals surface area contributed by atoms with Crippen LogP contribution in [0.2, 0.25) is 5.02 Å². The second kappa shape index (κ2) is 7.37. The van der Waals surface area contributed by atoms with Gasteiger partial charge in [0.1, 0.15) is 5.57 Å². The number of hydrogen-bond acceptors (Lipinski definition) is 5. The molecule has 7 nitrogen and oxygen atoms in total. The number of halogens is 1. The number of carbonyl (C=O) groups excluding carboxylic acids is 1. The van der Waals surface area contributed by atoms with E-state index in [0.717, 1.165) is 5.01 Å². The Morgan fingerprint density at radius 3 is 2.54 bits per heavy atom. The third kappa shape index (κ3) is 3.43. The van der Waals surface area contributed by atoms with E-state index in [0.29, 0.717) is 22.9 Å². The Kier molecular flexibility index (Phi) is 4.99. The standard InChI is InChI=1S/C18H14ClN3O4/c1-2-26-17-15(11-12-5-3-4-6-16(12)19)18(23)21(20-17)13-7-9-14(10-8-13)22(24)25/h3-11H,2H2,1H3/b15-11+. The van der Waals surface area contributed by atoms with Gasteiger partial charge >= 0.3 is 0 Å². The molecule has 0 saturated carbocycles. The van der Waals surface area contributed by atoms with E-state index >= 15 is 0 Å². The maximum absolute atomic E-state index is 12.8. The van der Waals surface area contributed by atoms with Crippen LogP contribution in [0.1, 0.15) is 12.5 Å². The van der Waals surface area contributed by atoms with Crippen molar-refractivity contribution in [2.24, 2.45) is 5.10 Å². The molecule has 0 spiro atoms. The number of amides is 1. The van der Waals surface area contributed by atoms with Crippen LogP contribution in [0, 0.1) is 10.1 Å². The van der Waals surface area contributed by atoms with Gasteiger partial charge in [0.2, 0.25) is 5.90 Å². The van der Waals surface area contributed by atoms with Crippen molar-refractivity contribution < 1.29 is 14.5 Å². The fourth-order valence-electron chi connectivity index (χ4n) is 2.40. The lowest BCUT2D eigenvalue weighted by Gasteiger charge is -2.10. The molecule has 3 rings (SSSR count). The maximum atomic E-state index is 12.8. The highest BCUT2D eigenvalue weighted by atomic mass is 35.5. The smallest absolute Gasteiger partial charge is 0.284 e. The highest BCUT2D eigenvalue weighted by molar-refractivity contribution is 6.34. The van der Waals surface area contributed by atoms with Crippen LogP contribution in [-0.2, 0) is 9.53 Å². The molecule has 8 heteroatoms. The number of benzene rings is 2. The highest BCUT2D eigenvalue weighted by Crippen LogP contribution is 2.28. The summed E-state index contributed by atoms with van der Waals surface area (Å²) in [5, 5.41) is 16.6. The average Bonchev–Trinajstić information content (AvgIpc) is 2.93. The summed E-state index contributed by atoms with van der Waals surface area (Å²) in [5.41, 5.74) is 1.26. The summed E-state index contributed by atoms with van der Waals surface area (Å²) in [5.74, 6) is -0.224. The zero-order valence-electron chi connectivity index (χ0n) is 13.8. The SMILES string of the molecule is CCOC1=NN(c2ccc([N+](=O)[O-])cc2)C(=O)/C1=C/c1ccccc1Cl. The first-order chi connectivity index (χ1) is 12.5. The molecule has 0 saturated heterocycles. The number of ether oxygens (including phenoxy) is 1. The van der Waals surface area contributed by atoms with Gasteiger partial charge in [0.25, 0.3) is 11.6 Å². The molecule has 0 radical (unpaired) electrons. The van der Waals surface area contributed by atoms with Crippen LogP contribution in [0.5, 0.6) is 0 Å². The van der Waals surface area contributed by atoms with Crippen LogP contribution in [-0.4, -0.2) is 23.3 Å². The van der Waals surface area contributed by atoms with Crippen molar-refractivity contribution in [2.75, 3.05) is 11.6 Å². The summed E-state index contributed by atoms with van der Waals surface area (Å²) in [6.45, 7) is 2.12. The number of hydrogen-bond donors (Lipinski definition) is 0. The van der Waals surface area contributed by atoms with Gasteiger partial charge in [-0.3, -0.25) is 14.9 Å². The third-order valence-electron chi connectivity index (χ3n) is 3.64. The van der Waals surface area contributed by atoms with E-state index < -0.39 is 10.8 Å². The first kappa shape index (κ1) is 17.6. The molecular weight excluding hydrogens is 358 g/mol. The van der Waals surface area contributed by atoms with Crippen molar-refractivity contribution in [3.05, 3.63) is 74.8 Å². The molecular formula is C18H14ClN3O4. The Hall–Kier alpha value is -3.19. The minimum atomic E-state index is -0.507. The number of carbonyl (C=O) groups is 1. The van der Waals surface area contributed by atoms with E-state index in [1.165, 1.54) is 24.3 Å². The number of nitro benzene ring substituents is 1. The van der Waals surface area contributed by atoms with Crippen LogP contribution < -0.4 is 5.01 Å². The average molecular weight is 372 g/mol. The molecule has 2 aromatic rings. The summed E-state index contributed by atoms with van der Waals surface area (Å²) < 4.78 is 5.48. The molecule has 0 atom stereocenters. The fourth-order valence-corrected chi connectivity index (χ4v) is 2.59. The van der Waals surface area contributed by atoms with Crippen molar-refractivity contribution in [1.82, 2.24) is 0 Å². The van der Waals surface area contributed by atoms with E-state index in [1.807, 2.05) is 6.07 Å². The molecule has 1 amide bonds. The topological polar surface area (TPSA) is 85.0 Å². The minimum Gasteiger partial charge on any atom is -0.476 e. The number of nitrogens with zero attached hydrogens (tertiary/aromatic N) is 3. The Balaban J connectivity index is 1.98. The van der Waals surface area contributed by atoms with Crippen LogP contribution in [0.3, 0.4) is 0 Å². The molecule has 132 valence electrons. The van der Waals surface area contributed by atoms with Crippen LogP contribution >= 0.6 is 11.6 Å². The molecule has 0 N–H and O–H groups in total. The van der Waals surface area contributed by atoms with Crippen molar-refractivity contribution >= 4 is 40.9 Å². The van der Waals surface area contributed by atoms with E-state index in [2.05, 4.69) is 5.10 Å². The lowest BCUT2D eigenvalue weighted by molar-refractivity contribution is -0.384. The lowest BCUT2D eigenvalue weighted by atomic mass is 10.1. The van der Waals surface area contributed by atoms with Gasteiger partial charge in [-0.1, -0.05) is 29.8 Å². The zero-order valence-corrected chi connectivity index (χ0v) is 14.5. The van der Waals surface area contributed by atoms with Crippen LogP contribution in [0.25, 0.3) is 6.08 Å². The minimum absolute atomic E-state index is 0.0683. The fraction of sp³-hybridized carbons (Fsp3) is 0.111. The highest BCUT2D eigenvalue weighted by Gasteiger charge is 2.33. The van der Waals surface area contributed by atoms with Gasteiger partial charge in [0, 0.05) is 17.2 Å². The number of non-ortho nitro benzene ring substituents is 1. The second-order valence-electron chi connectivity index (χ2n) is 5.31. The molecule has 1 aliphatic rings. The van der Waals surface area contributed by atoms with Gasteiger partial charge < -0.3 is 4.74 Å².